The van der Waals surface area contributed by atoms with Crippen LogP contribution in [0.1, 0.15) is 28.7 Å². The number of methoxy groups -OCH3 is 1. The Hall–Kier alpha value is -2.73. The summed E-state index contributed by atoms with van der Waals surface area (Å²) in [5.41, 5.74) is 4.47. The Morgan fingerprint density at radius 3 is 2.74 bits per heavy atom. The van der Waals surface area contributed by atoms with E-state index in [4.69, 9.17) is 9.47 Å². The van der Waals surface area contributed by atoms with E-state index in [1.165, 1.54) is 17.5 Å². The summed E-state index contributed by atoms with van der Waals surface area (Å²) in [4.78, 5) is 23.4. The molecule has 5 nitrogen and oxygen atoms in total. The third-order valence-electron chi connectivity index (χ3n) is 4.71. The van der Waals surface area contributed by atoms with Crippen molar-refractivity contribution in [2.45, 2.75) is 25.9 Å². The third-order valence-corrected chi connectivity index (χ3v) is 5.52. The monoisotopic (exact) mass is 381 g/mol. The summed E-state index contributed by atoms with van der Waals surface area (Å²) in [6, 6.07) is 11.9. The minimum Gasteiger partial charge on any atom is -0.496 e. The van der Waals surface area contributed by atoms with Crippen LogP contribution in [0.5, 0.6) is 11.5 Å². The molecular formula is C21H19NO4S. The highest BCUT2D eigenvalue weighted by Gasteiger charge is 2.25. The van der Waals surface area contributed by atoms with Gasteiger partial charge >= 0.3 is 0 Å². The molecule has 6 heteroatoms. The van der Waals surface area contributed by atoms with E-state index in [-0.39, 0.29) is 11.1 Å². The van der Waals surface area contributed by atoms with Crippen molar-refractivity contribution in [2.75, 3.05) is 7.11 Å². The lowest BCUT2D eigenvalue weighted by Gasteiger charge is -2.12. The number of hydrogen-bond donors (Lipinski definition) is 1. The van der Waals surface area contributed by atoms with Crippen LogP contribution in [-0.2, 0) is 24.2 Å². The Morgan fingerprint density at radius 1 is 1.11 bits per heavy atom. The van der Waals surface area contributed by atoms with Gasteiger partial charge in [-0.3, -0.25) is 14.9 Å². The summed E-state index contributed by atoms with van der Waals surface area (Å²) in [5.74, 6) is 1.20. The van der Waals surface area contributed by atoms with Crippen molar-refractivity contribution in [3.05, 3.63) is 63.6 Å². The van der Waals surface area contributed by atoms with Crippen molar-refractivity contribution < 1.29 is 19.1 Å². The number of rotatable bonds is 5. The molecule has 1 heterocycles. The minimum atomic E-state index is -0.364. The first-order chi connectivity index (χ1) is 13.1. The van der Waals surface area contributed by atoms with E-state index >= 15 is 0 Å². The van der Waals surface area contributed by atoms with Crippen LogP contribution in [0.2, 0.25) is 0 Å². The average Bonchev–Trinajstić information content (AvgIpc) is 3.25. The highest BCUT2D eigenvalue weighted by Crippen LogP contribution is 2.29. The van der Waals surface area contributed by atoms with Gasteiger partial charge in [0.2, 0.25) is 0 Å². The third kappa shape index (κ3) is 3.85. The first-order valence-corrected chi connectivity index (χ1v) is 9.60. The minimum absolute atomic E-state index is 0.347. The highest BCUT2D eigenvalue weighted by molar-refractivity contribution is 8.18. The fourth-order valence-electron chi connectivity index (χ4n) is 3.37. The topological polar surface area (TPSA) is 64.6 Å². The van der Waals surface area contributed by atoms with Crippen LogP contribution < -0.4 is 14.8 Å². The Bertz CT molecular complexity index is 951. The molecule has 27 heavy (non-hydrogen) atoms. The fourth-order valence-corrected chi connectivity index (χ4v) is 4.05. The second-order valence-electron chi connectivity index (χ2n) is 6.50. The molecule has 1 N–H and O–H groups in total. The maximum atomic E-state index is 11.7. The van der Waals surface area contributed by atoms with E-state index < -0.39 is 0 Å². The number of benzene rings is 2. The van der Waals surface area contributed by atoms with Crippen LogP contribution in [-0.4, -0.2) is 18.3 Å². The van der Waals surface area contributed by atoms with Gasteiger partial charge in [0.25, 0.3) is 11.1 Å². The van der Waals surface area contributed by atoms with Crippen molar-refractivity contribution in [3.8, 4) is 11.5 Å². The molecule has 0 atom stereocenters. The Morgan fingerprint density at radius 2 is 1.96 bits per heavy atom. The summed E-state index contributed by atoms with van der Waals surface area (Å²) in [6.07, 6.45) is 5.16. The molecular weight excluding hydrogens is 362 g/mol. The number of carbonyl (C=O) groups is 2. The van der Waals surface area contributed by atoms with E-state index in [9.17, 15) is 9.59 Å². The summed E-state index contributed by atoms with van der Waals surface area (Å²) in [7, 11) is 1.62. The normalized spacial score (nSPS) is 17.1. The van der Waals surface area contributed by atoms with Gasteiger partial charge in [-0.25, -0.2) is 0 Å². The number of amides is 2. The number of fused-ring (bicyclic) bond motifs is 1. The Balaban J connectivity index is 1.53. The smallest absolute Gasteiger partial charge is 0.290 e. The largest absolute Gasteiger partial charge is 0.496 e. The van der Waals surface area contributed by atoms with Crippen molar-refractivity contribution >= 4 is 29.0 Å². The molecule has 4 rings (SSSR count). The van der Waals surface area contributed by atoms with Crippen LogP contribution >= 0.6 is 11.8 Å². The Kier molecular flexibility index (Phi) is 4.90. The molecule has 0 saturated carbocycles. The van der Waals surface area contributed by atoms with E-state index in [1.807, 2.05) is 24.3 Å². The molecule has 0 unspecified atom stereocenters. The Labute approximate surface area is 161 Å². The first-order valence-electron chi connectivity index (χ1n) is 8.79. The zero-order valence-electron chi connectivity index (χ0n) is 14.9. The van der Waals surface area contributed by atoms with Crippen molar-refractivity contribution in [1.29, 1.82) is 0 Å². The summed E-state index contributed by atoms with van der Waals surface area (Å²) in [6.45, 7) is 0.358. The summed E-state index contributed by atoms with van der Waals surface area (Å²) >= 11 is 0.905. The number of thioether (sulfide) groups is 1. The zero-order chi connectivity index (χ0) is 18.8. The summed E-state index contributed by atoms with van der Waals surface area (Å²) in [5, 5.41) is 1.91. The first kappa shape index (κ1) is 17.7. The van der Waals surface area contributed by atoms with E-state index in [1.54, 1.807) is 13.2 Å². The second-order valence-corrected chi connectivity index (χ2v) is 7.51. The molecule has 2 aliphatic rings. The lowest BCUT2D eigenvalue weighted by Crippen LogP contribution is -2.17. The van der Waals surface area contributed by atoms with Crippen LogP contribution in [0.4, 0.5) is 4.79 Å². The summed E-state index contributed by atoms with van der Waals surface area (Å²) < 4.78 is 11.4. The van der Waals surface area contributed by atoms with Crippen molar-refractivity contribution in [2.24, 2.45) is 0 Å². The second kappa shape index (κ2) is 7.48. The zero-order valence-corrected chi connectivity index (χ0v) is 15.7. The van der Waals surface area contributed by atoms with Gasteiger partial charge < -0.3 is 9.47 Å². The van der Waals surface area contributed by atoms with Gasteiger partial charge in [0.15, 0.2) is 0 Å². The molecule has 0 spiro atoms. The molecule has 0 radical (unpaired) electrons. The van der Waals surface area contributed by atoms with Crippen molar-refractivity contribution in [1.82, 2.24) is 5.32 Å². The van der Waals surface area contributed by atoms with Gasteiger partial charge in [-0.1, -0.05) is 12.1 Å². The molecule has 2 amide bonds. The molecule has 1 fully saturated rings. The van der Waals surface area contributed by atoms with Gasteiger partial charge in [-0.15, -0.1) is 0 Å². The molecule has 2 aromatic carbocycles. The molecule has 138 valence electrons. The highest BCUT2D eigenvalue weighted by atomic mass is 32.2. The lowest BCUT2D eigenvalue weighted by atomic mass is 10.1. The number of carbonyl (C=O) groups excluding carboxylic acids is 2. The number of nitrogens with one attached hydrogen (secondary N) is 1. The van der Waals surface area contributed by atoms with E-state index in [0.717, 1.165) is 47.2 Å². The maximum absolute atomic E-state index is 11.7. The fraction of sp³-hybridized carbons (Fsp3) is 0.238. The van der Waals surface area contributed by atoms with Crippen LogP contribution in [0.15, 0.2) is 41.3 Å². The average molecular weight is 381 g/mol. The molecule has 1 saturated heterocycles. The molecule has 0 bridgehead atoms. The molecule has 0 aromatic heterocycles. The SMILES string of the molecule is COc1ccc(/C=C2/SC(=O)NC2=O)cc1COc1ccc2c(c1)CCC2. The van der Waals surface area contributed by atoms with Gasteiger partial charge in [-0.05, 0) is 78.1 Å². The quantitative estimate of drug-likeness (QED) is 0.791. The van der Waals surface area contributed by atoms with E-state index in [0.29, 0.717) is 11.5 Å². The lowest BCUT2D eigenvalue weighted by molar-refractivity contribution is -0.115. The van der Waals surface area contributed by atoms with Crippen LogP contribution in [0.3, 0.4) is 0 Å². The maximum Gasteiger partial charge on any atom is 0.290 e. The van der Waals surface area contributed by atoms with Crippen LogP contribution in [0.25, 0.3) is 6.08 Å². The van der Waals surface area contributed by atoms with Crippen LogP contribution in [0, 0.1) is 0 Å². The van der Waals surface area contributed by atoms with Gasteiger partial charge in [0.1, 0.15) is 18.1 Å². The standard InChI is InChI=1S/C21H19NO4S/c1-25-18-8-5-13(10-19-20(23)22-21(24)27-19)9-16(18)12-26-17-7-6-14-3-2-4-15(14)11-17/h5-11H,2-4,12H2,1H3,(H,22,23,24)/b19-10+. The molecule has 1 aliphatic heterocycles. The molecule has 1 aliphatic carbocycles. The molecule has 2 aromatic rings. The number of imide groups is 1. The number of hydrogen-bond acceptors (Lipinski definition) is 5. The number of aryl methyl sites for hydroxylation is 2. The van der Waals surface area contributed by atoms with Crippen molar-refractivity contribution in [3.63, 3.8) is 0 Å². The predicted octanol–water partition coefficient (Wildman–Crippen LogP) is 4.09. The predicted molar refractivity (Wildman–Crippen MR) is 105 cm³/mol. The number of ether oxygens (including phenoxy) is 2. The van der Waals surface area contributed by atoms with Gasteiger partial charge in [0.05, 0.1) is 12.0 Å². The van der Waals surface area contributed by atoms with Gasteiger partial charge in [0, 0.05) is 5.56 Å². The van der Waals surface area contributed by atoms with Gasteiger partial charge in [-0.2, -0.15) is 0 Å². The van der Waals surface area contributed by atoms with E-state index in [2.05, 4.69) is 17.4 Å².